The van der Waals surface area contributed by atoms with Crippen molar-refractivity contribution in [2.45, 2.75) is 37.1 Å². The first-order valence-corrected chi connectivity index (χ1v) is 6.00. The number of amides is 1. The van der Waals surface area contributed by atoms with Gasteiger partial charge in [0.15, 0.2) is 0 Å². The minimum Gasteiger partial charge on any atom is -0.480 e. The molecule has 3 unspecified atom stereocenters. The van der Waals surface area contributed by atoms with Crippen LogP contribution < -0.4 is 5.32 Å². The number of carbonyl (C=O) groups excluding carboxylic acids is 1. The molecule has 2 fully saturated rings. The number of carbonyl (C=O) groups is 2. The van der Waals surface area contributed by atoms with Crippen LogP contribution in [0.1, 0.15) is 12.8 Å². The molecule has 7 nitrogen and oxygen atoms in total. The number of likely N-dealkylation sites (tertiary alicyclic amines) is 1. The highest BCUT2D eigenvalue weighted by Crippen LogP contribution is 2.21. The molecule has 0 radical (unpaired) electrons. The van der Waals surface area contributed by atoms with Gasteiger partial charge in [-0.15, -0.1) is 0 Å². The SMILES string of the molecule is COC1CNC(C(=O)N2CC(O)C[C@H]2C(=O)O)C1. The van der Waals surface area contributed by atoms with Gasteiger partial charge in [0.1, 0.15) is 6.04 Å². The summed E-state index contributed by atoms with van der Waals surface area (Å²) < 4.78 is 5.15. The van der Waals surface area contributed by atoms with Crippen molar-refractivity contribution in [2.24, 2.45) is 0 Å². The zero-order valence-electron chi connectivity index (χ0n) is 10.2. The van der Waals surface area contributed by atoms with Gasteiger partial charge in [-0.05, 0) is 6.42 Å². The molecular weight excluding hydrogens is 240 g/mol. The summed E-state index contributed by atoms with van der Waals surface area (Å²) >= 11 is 0. The maximum absolute atomic E-state index is 12.2. The fourth-order valence-corrected chi connectivity index (χ4v) is 2.56. The number of β-amino-alcohol motifs (C(OH)–C–C–N with tert-alkyl or cyclic N) is 1. The average molecular weight is 258 g/mol. The lowest BCUT2D eigenvalue weighted by Gasteiger charge is -2.24. The van der Waals surface area contributed by atoms with Crippen molar-refractivity contribution in [2.75, 3.05) is 20.2 Å². The molecule has 3 N–H and O–H groups in total. The van der Waals surface area contributed by atoms with Gasteiger partial charge in [0, 0.05) is 26.6 Å². The van der Waals surface area contributed by atoms with E-state index in [1.54, 1.807) is 7.11 Å². The lowest BCUT2D eigenvalue weighted by atomic mass is 10.1. The molecule has 0 aromatic rings. The molecule has 0 aromatic heterocycles. The van der Waals surface area contributed by atoms with E-state index < -0.39 is 24.2 Å². The zero-order valence-corrected chi connectivity index (χ0v) is 10.2. The largest absolute Gasteiger partial charge is 0.480 e. The summed E-state index contributed by atoms with van der Waals surface area (Å²) in [6.07, 6.45) is -0.139. The monoisotopic (exact) mass is 258 g/mol. The van der Waals surface area contributed by atoms with Crippen LogP contribution in [0.2, 0.25) is 0 Å². The van der Waals surface area contributed by atoms with E-state index in [9.17, 15) is 14.7 Å². The van der Waals surface area contributed by atoms with Crippen LogP contribution in [-0.2, 0) is 14.3 Å². The van der Waals surface area contributed by atoms with Gasteiger partial charge >= 0.3 is 5.97 Å². The molecule has 102 valence electrons. The van der Waals surface area contributed by atoms with Crippen molar-refractivity contribution >= 4 is 11.9 Å². The Hall–Kier alpha value is -1.18. The summed E-state index contributed by atoms with van der Waals surface area (Å²) in [6.45, 7) is 0.673. The molecule has 0 aliphatic carbocycles. The molecule has 2 saturated heterocycles. The molecule has 2 aliphatic heterocycles. The first-order valence-electron chi connectivity index (χ1n) is 6.00. The Bertz CT molecular complexity index is 348. The number of aliphatic carboxylic acids is 1. The van der Waals surface area contributed by atoms with Gasteiger partial charge in [-0.1, -0.05) is 0 Å². The van der Waals surface area contributed by atoms with Crippen LogP contribution in [-0.4, -0.2) is 71.5 Å². The number of aliphatic hydroxyl groups is 1. The standard InChI is InChI=1S/C11H18N2O5/c1-18-7-3-8(12-4-7)10(15)13-5-6(14)2-9(13)11(16)17/h6-9,12,14H,2-5H2,1H3,(H,16,17)/t6?,7?,8?,9-/m0/s1. The van der Waals surface area contributed by atoms with Gasteiger partial charge in [0.25, 0.3) is 0 Å². The third kappa shape index (κ3) is 2.47. The molecule has 2 rings (SSSR count). The normalized spacial score (nSPS) is 36.0. The van der Waals surface area contributed by atoms with Crippen molar-refractivity contribution in [3.8, 4) is 0 Å². The molecule has 2 aliphatic rings. The second-order valence-corrected chi connectivity index (χ2v) is 4.79. The first-order chi connectivity index (χ1) is 8.52. The predicted molar refractivity (Wildman–Crippen MR) is 61.0 cm³/mol. The van der Waals surface area contributed by atoms with Crippen LogP contribution in [0.25, 0.3) is 0 Å². The maximum atomic E-state index is 12.2. The minimum absolute atomic E-state index is 0.0187. The van der Waals surface area contributed by atoms with Gasteiger partial charge in [0.2, 0.25) is 5.91 Å². The topological polar surface area (TPSA) is 99.1 Å². The second kappa shape index (κ2) is 5.21. The van der Waals surface area contributed by atoms with E-state index in [-0.39, 0.29) is 25.0 Å². The van der Waals surface area contributed by atoms with E-state index >= 15 is 0 Å². The Morgan fingerprint density at radius 3 is 2.67 bits per heavy atom. The van der Waals surface area contributed by atoms with Gasteiger partial charge in [-0.2, -0.15) is 0 Å². The Morgan fingerprint density at radius 1 is 1.39 bits per heavy atom. The van der Waals surface area contributed by atoms with Crippen LogP contribution in [0.15, 0.2) is 0 Å². The number of nitrogens with zero attached hydrogens (tertiary/aromatic N) is 1. The third-order valence-corrected chi connectivity index (χ3v) is 3.57. The van der Waals surface area contributed by atoms with Crippen LogP contribution >= 0.6 is 0 Å². The maximum Gasteiger partial charge on any atom is 0.326 e. The number of hydrogen-bond acceptors (Lipinski definition) is 5. The molecule has 0 aromatic carbocycles. The average Bonchev–Trinajstić information content (AvgIpc) is 2.94. The molecule has 18 heavy (non-hydrogen) atoms. The fraction of sp³-hybridized carbons (Fsp3) is 0.818. The summed E-state index contributed by atoms with van der Waals surface area (Å²) in [5.74, 6) is -1.33. The van der Waals surface area contributed by atoms with Crippen molar-refractivity contribution in [1.82, 2.24) is 10.2 Å². The predicted octanol–water partition coefficient (Wildman–Crippen LogP) is -1.59. The van der Waals surface area contributed by atoms with Crippen molar-refractivity contribution in [1.29, 1.82) is 0 Å². The molecule has 2 heterocycles. The van der Waals surface area contributed by atoms with Crippen LogP contribution in [0.3, 0.4) is 0 Å². The number of nitrogens with one attached hydrogen (secondary N) is 1. The van der Waals surface area contributed by atoms with Crippen LogP contribution in [0.4, 0.5) is 0 Å². The molecule has 7 heteroatoms. The quantitative estimate of drug-likeness (QED) is 0.564. The van der Waals surface area contributed by atoms with Gasteiger partial charge in [-0.25, -0.2) is 4.79 Å². The summed E-state index contributed by atoms with van der Waals surface area (Å²) in [5.41, 5.74) is 0. The summed E-state index contributed by atoms with van der Waals surface area (Å²) in [7, 11) is 1.58. The summed E-state index contributed by atoms with van der Waals surface area (Å²) in [4.78, 5) is 24.5. The molecule has 0 saturated carbocycles. The van der Waals surface area contributed by atoms with Gasteiger partial charge in [-0.3, -0.25) is 4.79 Å². The first kappa shape index (κ1) is 13.3. The molecule has 0 spiro atoms. The Morgan fingerprint density at radius 2 is 2.11 bits per heavy atom. The number of methoxy groups -OCH3 is 1. The molecule has 0 bridgehead atoms. The van der Waals surface area contributed by atoms with E-state index in [0.717, 1.165) is 0 Å². The van der Waals surface area contributed by atoms with E-state index in [0.29, 0.717) is 13.0 Å². The number of aliphatic hydroxyl groups excluding tert-OH is 1. The van der Waals surface area contributed by atoms with E-state index in [2.05, 4.69) is 5.32 Å². The Kier molecular flexibility index (Phi) is 3.84. The Balaban J connectivity index is 2.02. The molecule has 1 amide bonds. The van der Waals surface area contributed by atoms with E-state index in [4.69, 9.17) is 9.84 Å². The number of hydrogen-bond donors (Lipinski definition) is 3. The summed E-state index contributed by atoms with van der Waals surface area (Å²) in [6, 6.07) is -1.34. The van der Waals surface area contributed by atoms with Crippen LogP contribution in [0, 0.1) is 0 Å². The second-order valence-electron chi connectivity index (χ2n) is 4.79. The Labute approximate surface area is 105 Å². The zero-order chi connectivity index (χ0) is 13.3. The van der Waals surface area contributed by atoms with E-state index in [1.165, 1.54) is 4.90 Å². The third-order valence-electron chi connectivity index (χ3n) is 3.57. The van der Waals surface area contributed by atoms with Crippen LogP contribution in [0.5, 0.6) is 0 Å². The molecular formula is C11H18N2O5. The highest BCUT2D eigenvalue weighted by atomic mass is 16.5. The van der Waals surface area contributed by atoms with Gasteiger partial charge in [0.05, 0.1) is 18.2 Å². The highest BCUT2D eigenvalue weighted by molar-refractivity contribution is 5.88. The van der Waals surface area contributed by atoms with Crippen molar-refractivity contribution in [3.63, 3.8) is 0 Å². The summed E-state index contributed by atoms with van der Waals surface area (Å²) in [5, 5.41) is 21.6. The lowest BCUT2D eigenvalue weighted by molar-refractivity contribution is -0.148. The smallest absolute Gasteiger partial charge is 0.326 e. The molecule has 4 atom stereocenters. The van der Waals surface area contributed by atoms with Crippen molar-refractivity contribution < 1.29 is 24.5 Å². The number of rotatable bonds is 3. The number of carboxylic acid groups (broad SMARTS) is 1. The van der Waals surface area contributed by atoms with E-state index in [1.807, 2.05) is 0 Å². The fourth-order valence-electron chi connectivity index (χ4n) is 2.56. The minimum atomic E-state index is -1.07. The number of ether oxygens (including phenoxy) is 1. The van der Waals surface area contributed by atoms with Gasteiger partial charge < -0.3 is 25.2 Å². The van der Waals surface area contributed by atoms with Crippen molar-refractivity contribution in [3.05, 3.63) is 0 Å². The lowest BCUT2D eigenvalue weighted by Crippen LogP contribution is -2.48. The highest BCUT2D eigenvalue weighted by Gasteiger charge is 2.42. The number of carboxylic acids is 1.